The molecule has 0 saturated carbocycles. The van der Waals surface area contributed by atoms with E-state index in [1.165, 1.54) is 50.0 Å². The maximum Gasteiger partial charge on any atom is 0.163 e. The summed E-state index contributed by atoms with van der Waals surface area (Å²) in [7, 11) is 1.71. The maximum absolute atomic E-state index is 6.05. The number of hydrogen-bond donors (Lipinski definition) is 0. The van der Waals surface area contributed by atoms with Gasteiger partial charge in [0.2, 0.25) is 0 Å². The van der Waals surface area contributed by atoms with Gasteiger partial charge in [-0.2, -0.15) is 0 Å². The first-order chi connectivity index (χ1) is 12.3. The number of rotatable bonds is 6. The van der Waals surface area contributed by atoms with Crippen molar-refractivity contribution in [3.8, 4) is 11.5 Å². The van der Waals surface area contributed by atoms with Gasteiger partial charge in [-0.25, -0.2) is 0 Å². The van der Waals surface area contributed by atoms with Gasteiger partial charge in [-0.3, -0.25) is 4.98 Å². The first kappa shape index (κ1) is 16.6. The fourth-order valence-corrected chi connectivity index (χ4v) is 4.06. The van der Waals surface area contributed by atoms with Crippen LogP contribution in [0.2, 0.25) is 0 Å². The number of benzene rings is 1. The molecule has 1 aromatic carbocycles. The summed E-state index contributed by atoms with van der Waals surface area (Å²) in [6.07, 6.45) is 8.51. The zero-order valence-corrected chi connectivity index (χ0v) is 15.2. The predicted molar refractivity (Wildman–Crippen MR) is 101 cm³/mol. The SMILES string of the molecule is COc1cc2cc3c(nc2cc1OCCCN1CCCC1)CCCC3. The molecular weight excluding hydrogens is 312 g/mol. The summed E-state index contributed by atoms with van der Waals surface area (Å²) >= 11 is 0. The standard InChI is InChI=1S/C21H28N2O2/c1-24-20-14-17-13-16-7-2-3-8-18(16)22-19(17)15-21(20)25-12-6-11-23-9-4-5-10-23/h13-15H,2-12H2,1H3. The molecule has 4 rings (SSSR count). The highest BCUT2D eigenvalue weighted by Gasteiger charge is 2.15. The van der Waals surface area contributed by atoms with Gasteiger partial charge in [-0.05, 0) is 75.7 Å². The highest BCUT2D eigenvalue weighted by atomic mass is 16.5. The van der Waals surface area contributed by atoms with E-state index in [-0.39, 0.29) is 0 Å². The van der Waals surface area contributed by atoms with Gasteiger partial charge in [-0.1, -0.05) is 0 Å². The molecule has 0 amide bonds. The molecule has 1 aromatic heterocycles. The van der Waals surface area contributed by atoms with Crippen LogP contribution in [0.15, 0.2) is 18.2 Å². The Morgan fingerprint density at radius 3 is 2.68 bits per heavy atom. The molecule has 2 aromatic rings. The first-order valence-electron chi connectivity index (χ1n) is 9.69. The van der Waals surface area contributed by atoms with Gasteiger partial charge in [0.1, 0.15) is 0 Å². The lowest BCUT2D eigenvalue weighted by atomic mass is 9.95. The van der Waals surface area contributed by atoms with Crippen molar-refractivity contribution in [2.75, 3.05) is 33.4 Å². The Hall–Kier alpha value is -1.81. The molecular formula is C21H28N2O2. The van der Waals surface area contributed by atoms with E-state index in [0.717, 1.165) is 54.8 Å². The topological polar surface area (TPSA) is 34.6 Å². The minimum Gasteiger partial charge on any atom is -0.493 e. The Morgan fingerprint density at radius 1 is 1.00 bits per heavy atom. The largest absolute Gasteiger partial charge is 0.493 e. The van der Waals surface area contributed by atoms with Crippen LogP contribution < -0.4 is 9.47 Å². The predicted octanol–water partition coefficient (Wildman–Crippen LogP) is 3.99. The van der Waals surface area contributed by atoms with E-state index in [0.29, 0.717) is 0 Å². The van der Waals surface area contributed by atoms with E-state index in [2.05, 4.69) is 23.1 Å². The van der Waals surface area contributed by atoms with Gasteiger partial charge in [0.05, 0.1) is 19.2 Å². The lowest BCUT2D eigenvalue weighted by molar-refractivity contribution is 0.254. The zero-order chi connectivity index (χ0) is 17.1. The van der Waals surface area contributed by atoms with Crippen LogP contribution in [0.3, 0.4) is 0 Å². The van der Waals surface area contributed by atoms with Crippen LogP contribution in [-0.2, 0) is 12.8 Å². The number of ether oxygens (including phenoxy) is 2. The molecule has 1 saturated heterocycles. The van der Waals surface area contributed by atoms with Crippen molar-refractivity contribution in [1.29, 1.82) is 0 Å². The van der Waals surface area contributed by atoms with Gasteiger partial charge in [0.25, 0.3) is 0 Å². The van der Waals surface area contributed by atoms with Crippen LogP contribution in [0.4, 0.5) is 0 Å². The summed E-state index contributed by atoms with van der Waals surface area (Å²) in [5, 5.41) is 1.15. The maximum atomic E-state index is 6.05. The summed E-state index contributed by atoms with van der Waals surface area (Å²) in [4.78, 5) is 7.42. The van der Waals surface area contributed by atoms with Gasteiger partial charge in [-0.15, -0.1) is 0 Å². The third-order valence-corrected chi connectivity index (χ3v) is 5.45. The number of aryl methyl sites for hydroxylation is 2. The summed E-state index contributed by atoms with van der Waals surface area (Å²) < 4.78 is 11.6. The molecule has 2 aliphatic rings. The quantitative estimate of drug-likeness (QED) is 0.745. The summed E-state index contributed by atoms with van der Waals surface area (Å²) in [6, 6.07) is 6.42. The minimum atomic E-state index is 0.726. The number of fused-ring (bicyclic) bond motifs is 2. The van der Waals surface area contributed by atoms with Crippen molar-refractivity contribution >= 4 is 10.9 Å². The molecule has 0 N–H and O–H groups in total. The Labute approximate surface area is 150 Å². The second kappa shape index (κ2) is 7.61. The number of likely N-dealkylation sites (tertiary alicyclic amines) is 1. The van der Waals surface area contributed by atoms with Crippen LogP contribution in [-0.4, -0.2) is 43.2 Å². The van der Waals surface area contributed by atoms with Crippen molar-refractivity contribution in [3.63, 3.8) is 0 Å². The minimum absolute atomic E-state index is 0.726. The molecule has 1 fully saturated rings. The van der Waals surface area contributed by atoms with Gasteiger partial charge < -0.3 is 14.4 Å². The molecule has 1 aliphatic carbocycles. The van der Waals surface area contributed by atoms with Crippen LogP contribution in [0.25, 0.3) is 10.9 Å². The summed E-state index contributed by atoms with van der Waals surface area (Å²) in [5.74, 6) is 1.63. The van der Waals surface area contributed by atoms with Crippen LogP contribution in [0.1, 0.15) is 43.4 Å². The molecule has 0 radical (unpaired) electrons. The Balaban J connectivity index is 1.48. The van der Waals surface area contributed by atoms with Crippen LogP contribution in [0.5, 0.6) is 11.5 Å². The molecule has 0 atom stereocenters. The van der Waals surface area contributed by atoms with Crippen molar-refractivity contribution in [3.05, 3.63) is 29.5 Å². The van der Waals surface area contributed by atoms with E-state index < -0.39 is 0 Å². The third-order valence-electron chi connectivity index (χ3n) is 5.45. The van der Waals surface area contributed by atoms with Crippen LogP contribution in [0, 0.1) is 0 Å². The molecule has 2 heterocycles. The normalized spacial score (nSPS) is 17.6. The van der Waals surface area contributed by atoms with Gasteiger partial charge >= 0.3 is 0 Å². The Bertz CT molecular complexity index is 738. The lowest BCUT2D eigenvalue weighted by Gasteiger charge is -2.18. The first-order valence-corrected chi connectivity index (χ1v) is 9.69. The molecule has 0 spiro atoms. The van der Waals surface area contributed by atoms with E-state index in [9.17, 15) is 0 Å². The Morgan fingerprint density at radius 2 is 1.84 bits per heavy atom. The van der Waals surface area contributed by atoms with Crippen molar-refractivity contribution in [1.82, 2.24) is 9.88 Å². The van der Waals surface area contributed by atoms with Gasteiger partial charge in [0, 0.05) is 23.7 Å². The lowest BCUT2D eigenvalue weighted by Crippen LogP contribution is -2.21. The molecule has 1 aliphatic heterocycles. The number of aromatic nitrogens is 1. The zero-order valence-electron chi connectivity index (χ0n) is 15.2. The summed E-state index contributed by atoms with van der Waals surface area (Å²) in [6.45, 7) is 4.34. The number of methoxy groups -OCH3 is 1. The number of hydrogen-bond acceptors (Lipinski definition) is 4. The highest BCUT2D eigenvalue weighted by Crippen LogP contribution is 2.34. The monoisotopic (exact) mass is 340 g/mol. The highest BCUT2D eigenvalue weighted by molar-refractivity contribution is 5.83. The van der Waals surface area contributed by atoms with Crippen molar-refractivity contribution in [2.24, 2.45) is 0 Å². The van der Waals surface area contributed by atoms with E-state index in [1.54, 1.807) is 7.11 Å². The van der Waals surface area contributed by atoms with Crippen molar-refractivity contribution in [2.45, 2.75) is 44.9 Å². The average molecular weight is 340 g/mol. The van der Waals surface area contributed by atoms with E-state index >= 15 is 0 Å². The number of pyridine rings is 1. The third kappa shape index (κ3) is 3.74. The molecule has 0 bridgehead atoms. The fraction of sp³-hybridized carbons (Fsp3) is 0.571. The Kier molecular flexibility index (Phi) is 5.07. The molecule has 0 unspecified atom stereocenters. The van der Waals surface area contributed by atoms with Crippen LogP contribution >= 0.6 is 0 Å². The molecule has 4 heteroatoms. The molecule has 134 valence electrons. The van der Waals surface area contributed by atoms with Gasteiger partial charge in [0.15, 0.2) is 11.5 Å². The fourth-order valence-electron chi connectivity index (χ4n) is 4.06. The molecule has 4 nitrogen and oxygen atoms in total. The number of nitrogens with zero attached hydrogens (tertiary/aromatic N) is 2. The average Bonchev–Trinajstić information content (AvgIpc) is 3.16. The smallest absolute Gasteiger partial charge is 0.163 e. The van der Waals surface area contributed by atoms with E-state index in [1.807, 2.05) is 0 Å². The van der Waals surface area contributed by atoms with E-state index in [4.69, 9.17) is 14.5 Å². The molecule has 25 heavy (non-hydrogen) atoms. The second-order valence-electron chi connectivity index (χ2n) is 7.25. The second-order valence-corrected chi connectivity index (χ2v) is 7.25. The summed E-state index contributed by atoms with van der Waals surface area (Å²) in [5.41, 5.74) is 3.69. The van der Waals surface area contributed by atoms with Crippen molar-refractivity contribution < 1.29 is 9.47 Å².